The van der Waals surface area contributed by atoms with Crippen LogP contribution in [0.3, 0.4) is 0 Å². The van der Waals surface area contributed by atoms with Crippen LogP contribution in [0.25, 0.3) is 6.08 Å². The van der Waals surface area contributed by atoms with Gasteiger partial charge in [0.15, 0.2) is 6.61 Å². The van der Waals surface area contributed by atoms with Crippen molar-refractivity contribution in [3.63, 3.8) is 0 Å². The van der Waals surface area contributed by atoms with Crippen LogP contribution in [0.2, 0.25) is 0 Å². The summed E-state index contributed by atoms with van der Waals surface area (Å²) in [5.74, 6) is -0.760. The highest BCUT2D eigenvalue weighted by molar-refractivity contribution is 7.08. The second-order valence-corrected chi connectivity index (χ2v) is 7.00. The molecule has 0 bridgehead atoms. The summed E-state index contributed by atoms with van der Waals surface area (Å²) in [6.45, 7) is 0.625. The highest BCUT2D eigenvalue weighted by Crippen LogP contribution is 2.11. The Labute approximate surface area is 168 Å². The van der Waals surface area contributed by atoms with Gasteiger partial charge >= 0.3 is 5.97 Å². The van der Waals surface area contributed by atoms with E-state index in [0.29, 0.717) is 13.1 Å². The minimum atomic E-state index is -0.529. The van der Waals surface area contributed by atoms with Crippen molar-refractivity contribution in [2.24, 2.45) is 0 Å². The van der Waals surface area contributed by atoms with Crippen LogP contribution in [-0.4, -0.2) is 23.4 Å². The van der Waals surface area contributed by atoms with Crippen LogP contribution in [0.4, 0.5) is 0 Å². The average molecular weight is 391 g/mol. The van der Waals surface area contributed by atoms with Gasteiger partial charge in [0.05, 0.1) is 0 Å². The Hall–Kier alpha value is -3.18. The van der Waals surface area contributed by atoms with Crippen molar-refractivity contribution >= 4 is 29.3 Å². The maximum absolute atomic E-state index is 12.7. The lowest BCUT2D eigenvalue weighted by Gasteiger charge is -2.23. The predicted molar refractivity (Wildman–Crippen MR) is 111 cm³/mol. The summed E-state index contributed by atoms with van der Waals surface area (Å²) in [6.07, 6.45) is 3.02. The quantitative estimate of drug-likeness (QED) is 0.419. The smallest absolute Gasteiger partial charge is 0.331 e. The lowest BCUT2D eigenvalue weighted by atomic mass is 10.1. The number of rotatable bonds is 8. The van der Waals surface area contributed by atoms with Crippen LogP contribution in [0.5, 0.6) is 0 Å². The molecule has 0 N–H and O–H groups in total. The maximum Gasteiger partial charge on any atom is 0.331 e. The minimum absolute atomic E-state index is 0.231. The van der Waals surface area contributed by atoms with Gasteiger partial charge in [0.2, 0.25) is 0 Å². The summed E-state index contributed by atoms with van der Waals surface area (Å²) in [7, 11) is 0. The van der Waals surface area contributed by atoms with Crippen molar-refractivity contribution < 1.29 is 14.3 Å². The number of carbonyl (C=O) groups excluding carboxylic acids is 2. The zero-order chi connectivity index (χ0) is 19.6. The van der Waals surface area contributed by atoms with E-state index in [9.17, 15) is 9.59 Å². The van der Waals surface area contributed by atoms with E-state index in [-0.39, 0.29) is 12.5 Å². The molecule has 0 radical (unpaired) electrons. The number of nitrogens with zero attached hydrogens (tertiary/aromatic N) is 1. The van der Waals surface area contributed by atoms with Crippen LogP contribution in [0.1, 0.15) is 16.7 Å². The Morgan fingerprint density at radius 2 is 1.50 bits per heavy atom. The van der Waals surface area contributed by atoms with Crippen LogP contribution < -0.4 is 0 Å². The van der Waals surface area contributed by atoms with E-state index in [1.807, 2.05) is 77.5 Å². The van der Waals surface area contributed by atoms with Gasteiger partial charge in [-0.05, 0) is 39.6 Å². The molecule has 0 saturated heterocycles. The topological polar surface area (TPSA) is 46.6 Å². The molecular weight excluding hydrogens is 370 g/mol. The fourth-order valence-electron chi connectivity index (χ4n) is 2.65. The molecule has 3 aromatic rings. The molecule has 0 atom stereocenters. The van der Waals surface area contributed by atoms with Crippen molar-refractivity contribution in [3.8, 4) is 0 Å². The van der Waals surface area contributed by atoms with E-state index in [4.69, 9.17) is 4.74 Å². The number of thiophene rings is 1. The van der Waals surface area contributed by atoms with Gasteiger partial charge in [-0.2, -0.15) is 11.3 Å². The third-order valence-corrected chi connectivity index (χ3v) is 4.78. The Morgan fingerprint density at radius 1 is 0.893 bits per heavy atom. The molecule has 1 aromatic heterocycles. The first-order valence-corrected chi connectivity index (χ1v) is 9.87. The Bertz CT molecular complexity index is 864. The molecule has 0 spiro atoms. The number of ether oxygens (including phenoxy) is 1. The molecule has 0 saturated carbocycles. The second kappa shape index (κ2) is 10.2. The molecule has 2 aromatic carbocycles. The van der Waals surface area contributed by atoms with Crippen LogP contribution in [0.15, 0.2) is 83.6 Å². The van der Waals surface area contributed by atoms with Gasteiger partial charge in [-0.25, -0.2) is 4.79 Å². The third kappa shape index (κ3) is 6.21. The Kier molecular flexibility index (Phi) is 7.15. The van der Waals surface area contributed by atoms with Crippen LogP contribution in [-0.2, 0) is 27.4 Å². The molecule has 0 aliphatic heterocycles. The first-order chi connectivity index (χ1) is 13.7. The van der Waals surface area contributed by atoms with E-state index in [1.54, 1.807) is 22.3 Å². The summed E-state index contributed by atoms with van der Waals surface area (Å²) in [5.41, 5.74) is 2.98. The molecule has 5 heteroatoms. The van der Waals surface area contributed by atoms with E-state index in [1.165, 1.54) is 6.08 Å². The molecule has 0 unspecified atom stereocenters. The highest BCUT2D eigenvalue weighted by Gasteiger charge is 2.16. The highest BCUT2D eigenvalue weighted by atomic mass is 32.1. The predicted octanol–water partition coefficient (Wildman–Crippen LogP) is 4.53. The maximum atomic E-state index is 12.7. The molecule has 1 amide bonds. The standard InChI is InChI=1S/C23H21NO3S/c25-22(17-27-23(26)12-11-21-13-14-28-18-21)24(15-19-7-3-1-4-8-19)16-20-9-5-2-6-10-20/h1-14,18H,15-17H2/b12-11+. The van der Waals surface area contributed by atoms with Gasteiger partial charge in [-0.3, -0.25) is 4.79 Å². The molecule has 0 fully saturated rings. The number of carbonyl (C=O) groups is 2. The molecule has 0 aliphatic rings. The van der Waals surface area contributed by atoms with Gasteiger partial charge in [-0.15, -0.1) is 0 Å². The number of benzene rings is 2. The number of amides is 1. The first-order valence-electron chi connectivity index (χ1n) is 8.93. The molecule has 28 heavy (non-hydrogen) atoms. The molecule has 0 aliphatic carbocycles. The number of hydrogen-bond acceptors (Lipinski definition) is 4. The average Bonchev–Trinajstić information content (AvgIpc) is 3.25. The van der Waals surface area contributed by atoms with Gasteiger partial charge < -0.3 is 9.64 Å². The van der Waals surface area contributed by atoms with E-state index in [2.05, 4.69) is 0 Å². The zero-order valence-corrected chi connectivity index (χ0v) is 16.2. The zero-order valence-electron chi connectivity index (χ0n) is 15.4. The van der Waals surface area contributed by atoms with Gasteiger partial charge in [0.1, 0.15) is 0 Å². The summed E-state index contributed by atoms with van der Waals surface area (Å²) < 4.78 is 5.14. The fraction of sp³-hybridized carbons (Fsp3) is 0.130. The summed E-state index contributed by atoms with van der Waals surface area (Å²) >= 11 is 1.55. The SMILES string of the molecule is O=C(/C=C/c1ccsc1)OCC(=O)N(Cc1ccccc1)Cc1ccccc1. The lowest BCUT2D eigenvalue weighted by Crippen LogP contribution is -2.33. The second-order valence-electron chi connectivity index (χ2n) is 6.22. The third-order valence-electron chi connectivity index (χ3n) is 4.08. The van der Waals surface area contributed by atoms with E-state index >= 15 is 0 Å². The summed E-state index contributed by atoms with van der Waals surface area (Å²) in [5, 5.41) is 3.86. The largest absolute Gasteiger partial charge is 0.452 e. The Balaban J connectivity index is 1.61. The van der Waals surface area contributed by atoms with Crippen molar-refractivity contribution in [2.75, 3.05) is 6.61 Å². The molecule has 3 rings (SSSR count). The molecule has 1 heterocycles. The van der Waals surface area contributed by atoms with Crippen molar-refractivity contribution in [3.05, 3.63) is 100 Å². The lowest BCUT2D eigenvalue weighted by molar-refractivity contribution is -0.148. The first kappa shape index (κ1) is 19.6. The Morgan fingerprint density at radius 3 is 2.04 bits per heavy atom. The van der Waals surface area contributed by atoms with Crippen molar-refractivity contribution in [2.45, 2.75) is 13.1 Å². The molecular formula is C23H21NO3S. The minimum Gasteiger partial charge on any atom is -0.452 e. The fourth-order valence-corrected chi connectivity index (χ4v) is 3.27. The molecule has 4 nitrogen and oxygen atoms in total. The van der Waals surface area contributed by atoms with Gasteiger partial charge in [-0.1, -0.05) is 60.7 Å². The summed E-state index contributed by atoms with van der Waals surface area (Å²) in [6, 6.07) is 21.4. The summed E-state index contributed by atoms with van der Waals surface area (Å²) in [4.78, 5) is 26.3. The normalized spacial score (nSPS) is 10.7. The monoisotopic (exact) mass is 391 g/mol. The van der Waals surface area contributed by atoms with E-state index in [0.717, 1.165) is 16.7 Å². The van der Waals surface area contributed by atoms with Crippen LogP contribution >= 0.6 is 11.3 Å². The van der Waals surface area contributed by atoms with Crippen molar-refractivity contribution in [1.29, 1.82) is 0 Å². The number of hydrogen-bond donors (Lipinski definition) is 0. The molecule has 142 valence electrons. The number of esters is 1. The van der Waals surface area contributed by atoms with Crippen molar-refractivity contribution in [1.82, 2.24) is 4.90 Å². The van der Waals surface area contributed by atoms with Gasteiger partial charge in [0, 0.05) is 19.2 Å². The van der Waals surface area contributed by atoms with Crippen LogP contribution in [0, 0.1) is 0 Å². The van der Waals surface area contributed by atoms with E-state index < -0.39 is 5.97 Å². The van der Waals surface area contributed by atoms with Gasteiger partial charge in [0.25, 0.3) is 5.91 Å².